The summed E-state index contributed by atoms with van der Waals surface area (Å²) in [6.07, 6.45) is 4.72. The molecule has 0 aromatic rings. The van der Waals surface area contributed by atoms with Crippen molar-refractivity contribution in [2.75, 3.05) is 5.75 Å². The van der Waals surface area contributed by atoms with Gasteiger partial charge in [-0.2, -0.15) is 0 Å². The molecule has 0 rings (SSSR count). The van der Waals surface area contributed by atoms with Gasteiger partial charge in [-0.15, -0.1) is 11.8 Å². The van der Waals surface area contributed by atoms with Crippen LogP contribution >= 0.6 is 11.8 Å². The van der Waals surface area contributed by atoms with E-state index in [0.717, 1.165) is 0 Å². The fraction of sp³-hybridized carbons (Fsp3) is 0.750. The predicted molar refractivity (Wildman–Crippen MR) is 46.8 cm³/mol. The Morgan fingerprint density at radius 1 is 1.44 bits per heavy atom. The second-order valence-corrected chi connectivity index (χ2v) is 3.41. The summed E-state index contributed by atoms with van der Waals surface area (Å²) < 4.78 is 0. The van der Waals surface area contributed by atoms with E-state index >= 15 is 0 Å². The van der Waals surface area contributed by atoms with E-state index in [1.165, 1.54) is 23.5 Å². The number of thioether (sulfide) groups is 1. The van der Waals surface area contributed by atoms with Gasteiger partial charge >= 0.3 is 0 Å². The van der Waals surface area contributed by atoms with E-state index in [1.807, 2.05) is 11.8 Å². The van der Waals surface area contributed by atoms with Crippen LogP contribution in [-0.4, -0.2) is 5.75 Å². The molecule has 1 heteroatoms. The molecule has 9 heavy (non-hydrogen) atoms. The minimum absolute atomic E-state index is 1.17. The van der Waals surface area contributed by atoms with Crippen molar-refractivity contribution in [2.45, 2.75) is 33.6 Å². The first-order chi connectivity index (χ1) is 4.31. The normalized spacial score (nSPS) is 12.1. The molecule has 0 aliphatic heterocycles. The number of hydrogen-bond donors (Lipinski definition) is 0. The molecule has 0 aliphatic carbocycles. The van der Waals surface area contributed by atoms with E-state index in [-0.39, 0.29) is 0 Å². The zero-order chi connectivity index (χ0) is 7.11. The van der Waals surface area contributed by atoms with Gasteiger partial charge in [-0.3, -0.25) is 0 Å². The summed E-state index contributed by atoms with van der Waals surface area (Å²) in [6, 6.07) is 0. The monoisotopic (exact) mass is 144 g/mol. The van der Waals surface area contributed by atoms with Gasteiger partial charge in [-0.25, -0.2) is 0 Å². The van der Waals surface area contributed by atoms with Crippen LogP contribution in [0.2, 0.25) is 0 Å². The molecule has 0 aliphatic rings. The molecular weight excluding hydrogens is 128 g/mol. The molecule has 0 spiro atoms. The molecule has 0 atom stereocenters. The highest BCUT2D eigenvalue weighted by molar-refractivity contribution is 8.03. The molecule has 0 saturated carbocycles. The van der Waals surface area contributed by atoms with Crippen molar-refractivity contribution >= 4 is 11.8 Å². The molecule has 0 nitrogen and oxygen atoms in total. The average molecular weight is 144 g/mol. The summed E-state index contributed by atoms with van der Waals surface area (Å²) in [6.45, 7) is 6.58. The first-order valence-corrected chi connectivity index (χ1v) is 4.59. The van der Waals surface area contributed by atoms with Crippen molar-refractivity contribution < 1.29 is 0 Å². The summed E-state index contributed by atoms with van der Waals surface area (Å²) in [5, 5.41) is 0. The van der Waals surface area contributed by atoms with Crippen LogP contribution in [0.3, 0.4) is 0 Å². The van der Waals surface area contributed by atoms with Gasteiger partial charge in [0.25, 0.3) is 0 Å². The zero-order valence-corrected chi connectivity index (χ0v) is 7.42. The fourth-order valence-electron chi connectivity index (χ4n) is 0.609. The Balaban J connectivity index is 3.25. The Kier molecular flexibility index (Phi) is 6.28. The molecular formula is C8H16S. The van der Waals surface area contributed by atoms with E-state index in [9.17, 15) is 0 Å². The highest BCUT2D eigenvalue weighted by Gasteiger charge is 1.85. The Morgan fingerprint density at radius 2 is 2.11 bits per heavy atom. The highest BCUT2D eigenvalue weighted by atomic mass is 32.2. The van der Waals surface area contributed by atoms with E-state index < -0.39 is 0 Å². The van der Waals surface area contributed by atoms with Gasteiger partial charge in [0, 0.05) is 0 Å². The summed E-state index contributed by atoms with van der Waals surface area (Å²) in [5.41, 5.74) is 0. The average Bonchev–Trinajstić information content (AvgIpc) is 1.85. The van der Waals surface area contributed by atoms with Crippen LogP contribution in [0.25, 0.3) is 0 Å². The number of rotatable bonds is 4. The Labute approximate surface area is 62.7 Å². The quantitative estimate of drug-likeness (QED) is 0.582. The van der Waals surface area contributed by atoms with Crippen molar-refractivity contribution in [1.82, 2.24) is 0 Å². The van der Waals surface area contributed by atoms with E-state index in [1.54, 1.807) is 0 Å². The van der Waals surface area contributed by atoms with Crippen molar-refractivity contribution in [3.63, 3.8) is 0 Å². The largest absolute Gasteiger partial charge is 0.131 e. The topological polar surface area (TPSA) is 0 Å². The molecule has 0 bridgehead atoms. The lowest BCUT2D eigenvalue weighted by Crippen LogP contribution is -1.73. The molecule has 0 aromatic carbocycles. The van der Waals surface area contributed by atoms with Crippen LogP contribution in [0.1, 0.15) is 33.6 Å². The standard InChI is InChI=1S/C8H16S/c1-4-6-8(3)9-7-5-2/h6H,4-5,7H2,1-3H3. The van der Waals surface area contributed by atoms with Crippen LogP contribution in [0, 0.1) is 0 Å². The van der Waals surface area contributed by atoms with Crippen molar-refractivity contribution in [3.8, 4) is 0 Å². The third kappa shape index (κ3) is 5.97. The van der Waals surface area contributed by atoms with Crippen LogP contribution in [0.15, 0.2) is 11.0 Å². The lowest BCUT2D eigenvalue weighted by Gasteiger charge is -1.96. The third-order valence-electron chi connectivity index (χ3n) is 1.03. The van der Waals surface area contributed by atoms with E-state index in [4.69, 9.17) is 0 Å². The third-order valence-corrected chi connectivity index (χ3v) is 2.26. The van der Waals surface area contributed by atoms with Crippen LogP contribution < -0.4 is 0 Å². The van der Waals surface area contributed by atoms with Crippen LogP contribution in [0.4, 0.5) is 0 Å². The molecule has 0 N–H and O–H groups in total. The maximum Gasteiger partial charge on any atom is -0.00261 e. The lowest BCUT2D eigenvalue weighted by molar-refractivity contribution is 1.11. The minimum atomic E-state index is 1.17. The van der Waals surface area contributed by atoms with Gasteiger partial charge < -0.3 is 0 Å². The minimum Gasteiger partial charge on any atom is -0.131 e. The van der Waals surface area contributed by atoms with Crippen molar-refractivity contribution in [1.29, 1.82) is 0 Å². The Morgan fingerprint density at radius 3 is 2.56 bits per heavy atom. The van der Waals surface area contributed by atoms with Gasteiger partial charge in [0.1, 0.15) is 0 Å². The molecule has 0 heterocycles. The van der Waals surface area contributed by atoms with Crippen molar-refractivity contribution in [3.05, 3.63) is 11.0 Å². The maximum atomic E-state index is 2.28. The molecule has 0 fully saturated rings. The zero-order valence-electron chi connectivity index (χ0n) is 6.61. The smallest absolute Gasteiger partial charge is 0.00261 e. The van der Waals surface area contributed by atoms with E-state index in [0.29, 0.717) is 0 Å². The predicted octanol–water partition coefficient (Wildman–Crippen LogP) is 3.44. The molecule has 0 aromatic heterocycles. The Hall–Kier alpha value is 0.0900. The molecule has 0 amide bonds. The second kappa shape index (κ2) is 6.21. The van der Waals surface area contributed by atoms with Gasteiger partial charge in [0.05, 0.1) is 0 Å². The summed E-state index contributed by atoms with van der Waals surface area (Å²) in [4.78, 5) is 1.47. The second-order valence-electron chi connectivity index (χ2n) is 2.07. The van der Waals surface area contributed by atoms with Gasteiger partial charge in [0.2, 0.25) is 0 Å². The number of allylic oxidation sites excluding steroid dienone is 2. The van der Waals surface area contributed by atoms with Gasteiger partial charge in [-0.1, -0.05) is 19.9 Å². The fourth-order valence-corrected chi connectivity index (χ4v) is 1.42. The summed E-state index contributed by atoms with van der Waals surface area (Å²) in [5.74, 6) is 1.27. The van der Waals surface area contributed by atoms with Crippen LogP contribution in [0.5, 0.6) is 0 Å². The summed E-state index contributed by atoms with van der Waals surface area (Å²) in [7, 11) is 0. The summed E-state index contributed by atoms with van der Waals surface area (Å²) >= 11 is 1.96. The first kappa shape index (κ1) is 9.09. The number of hydrogen-bond acceptors (Lipinski definition) is 1. The lowest BCUT2D eigenvalue weighted by atomic mass is 10.4. The molecule has 0 saturated heterocycles. The Bertz CT molecular complexity index is 84.6. The molecule has 0 unspecified atom stereocenters. The highest BCUT2D eigenvalue weighted by Crippen LogP contribution is 2.15. The maximum absolute atomic E-state index is 2.28. The molecule has 0 radical (unpaired) electrons. The van der Waals surface area contributed by atoms with Crippen LogP contribution in [-0.2, 0) is 0 Å². The molecule has 54 valence electrons. The van der Waals surface area contributed by atoms with Gasteiger partial charge in [-0.05, 0) is 30.4 Å². The van der Waals surface area contributed by atoms with E-state index in [2.05, 4.69) is 26.8 Å². The van der Waals surface area contributed by atoms with Crippen molar-refractivity contribution in [2.24, 2.45) is 0 Å². The first-order valence-electron chi connectivity index (χ1n) is 3.60. The SMILES string of the molecule is CCC=C(C)SCCC. The van der Waals surface area contributed by atoms with Gasteiger partial charge in [0.15, 0.2) is 0 Å².